The lowest BCUT2D eigenvalue weighted by Crippen LogP contribution is -1.58. The van der Waals surface area contributed by atoms with Crippen LogP contribution in [0.25, 0.3) is 0 Å². The molecule has 0 aromatic heterocycles. The van der Waals surface area contributed by atoms with Crippen molar-refractivity contribution in [3.63, 3.8) is 0 Å². The molecular formula is C8H16. The standard InChI is InChI=1S/C6H12.C2H4/c1-4-5-6(2)3;1-2/h5H,4H2,1-3H3;1-2H2. The molecule has 0 amide bonds. The van der Waals surface area contributed by atoms with Crippen LogP contribution in [0.15, 0.2) is 24.8 Å². The third-order valence-corrected chi connectivity index (χ3v) is 0.612. The number of allylic oxidation sites excluding steroid dienone is 2. The highest BCUT2D eigenvalue weighted by atomic mass is 13.7. The maximum Gasteiger partial charge on any atom is -0.0377 e. The summed E-state index contributed by atoms with van der Waals surface area (Å²) in [5, 5.41) is 0. The van der Waals surface area contributed by atoms with Gasteiger partial charge >= 0.3 is 0 Å². The molecule has 0 aliphatic carbocycles. The highest BCUT2D eigenvalue weighted by Gasteiger charge is 1.67. The smallest absolute Gasteiger partial charge is 0.0377 e. The third kappa shape index (κ3) is 17.9. The van der Waals surface area contributed by atoms with Crippen molar-refractivity contribution < 1.29 is 0 Å². The summed E-state index contributed by atoms with van der Waals surface area (Å²) >= 11 is 0. The predicted octanol–water partition coefficient (Wildman–Crippen LogP) is 3.16. The average molecular weight is 112 g/mol. The molecule has 0 aromatic carbocycles. The lowest BCUT2D eigenvalue weighted by Gasteiger charge is -1.80. The number of hydrogen-bond acceptors (Lipinski definition) is 0. The maximum absolute atomic E-state index is 3.00. The van der Waals surface area contributed by atoms with Gasteiger partial charge in [0.2, 0.25) is 0 Å². The Morgan fingerprint density at radius 2 is 1.75 bits per heavy atom. The van der Waals surface area contributed by atoms with E-state index in [0.717, 1.165) is 0 Å². The first kappa shape index (κ1) is 10.5. The van der Waals surface area contributed by atoms with Crippen LogP contribution in [-0.2, 0) is 0 Å². The molecule has 0 unspecified atom stereocenters. The second-order valence-electron chi connectivity index (χ2n) is 1.69. The van der Waals surface area contributed by atoms with Gasteiger partial charge in [0.15, 0.2) is 0 Å². The van der Waals surface area contributed by atoms with Crippen LogP contribution in [0.2, 0.25) is 0 Å². The average Bonchev–Trinajstić information content (AvgIpc) is 1.72. The molecular weight excluding hydrogens is 96.1 g/mol. The summed E-state index contributed by atoms with van der Waals surface area (Å²) < 4.78 is 0. The normalized spacial score (nSPS) is 6.38. The summed E-state index contributed by atoms with van der Waals surface area (Å²) in [4.78, 5) is 0. The van der Waals surface area contributed by atoms with Crippen molar-refractivity contribution in [1.82, 2.24) is 0 Å². The van der Waals surface area contributed by atoms with Crippen molar-refractivity contribution in [1.29, 1.82) is 0 Å². The van der Waals surface area contributed by atoms with Gasteiger partial charge in [-0.3, -0.25) is 0 Å². The molecule has 48 valence electrons. The zero-order valence-corrected chi connectivity index (χ0v) is 6.20. The fourth-order valence-corrected chi connectivity index (χ4v) is 0.408. The van der Waals surface area contributed by atoms with Gasteiger partial charge in [-0.25, -0.2) is 0 Å². The largest absolute Gasteiger partial charge is 0.106 e. The van der Waals surface area contributed by atoms with Crippen molar-refractivity contribution in [2.24, 2.45) is 0 Å². The third-order valence-electron chi connectivity index (χ3n) is 0.612. The van der Waals surface area contributed by atoms with Crippen LogP contribution in [0.1, 0.15) is 27.2 Å². The molecule has 0 radical (unpaired) electrons. The molecule has 0 N–H and O–H groups in total. The molecule has 0 heteroatoms. The van der Waals surface area contributed by atoms with Gasteiger partial charge in [0, 0.05) is 0 Å². The zero-order chi connectivity index (χ0) is 6.99. The second-order valence-corrected chi connectivity index (χ2v) is 1.69. The van der Waals surface area contributed by atoms with Crippen LogP contribution in [0.3, 0.4) is 0 Å². The van der Waals surface area contributed by atoms with Gasteiger partial charge < -0.3 is 0 Å². The zero-order valence-electron chi connectivity index (χ0n) is 6.20. The summed E-state index contributed by atoms with van der Waals surface area (Å²) in [5.41, 5.74) is 1.41. The molecule has 0 aliphatic heterocycles. The van der Waals surface area contributed by atoms with Crippen molar-refractivity contribution in [3.05, 3.63) is 24.8 Å². The lowest BCUT2D eigenvalue weighted by molar-refractivity contribution is 1.18. The molecule has 0 saturated heterocycles. The second kappa shape index (κ2) is 9.70. The Balaban J connectivity index is 0. The summed E-state index contributed by atoms with van der Waals surface area (Å²) in [5.74, 6) is 0. The fraction of sp³-hybridized carbons (Fsp3) is 0.500. The van der Waals surface area contributed by atoms with E-state index in [1.54, 1.807) is 0 Å². The van der Waals surface area contributed by atoms with E-state index in [2.05, 4.69) is 40.0 Å². The first-order chi connectivity index (χ1) is 3.77. The van der Waals surface area contributed by atoms with Crippen molar-refractivity contribution in [2.45, 2.75) is 27.2 Å². The van der Waals surface area contributed by atoms with E-state index in [0.29, 0.717) is 0 Å². The summed E-state index contributed by atoms with van der Waals surface area (Å²) in [6.07, 6.45) is 3.38. The van der Waals surface area contributed by atoms with Crippen LogP contribution in [0, 0.1) is 0 Å². The van der Waals surface area contributed by atoms with Crippen molar-refractivity contribution >= 4 is 0 Å². The summed E-state index contributed by atoms with van der Waals surface area (Å²) in [7, 11) is 0. The summed E-state index contributed by atoms with van der Waals surface area (Å²) in [6.45, 7) is 12.4. The van der Waals surface area contributed by atoms with Gasteiger partial charge in [0.05, 0.1) is 0 Å². The molecule has 0 aromatic rings. The minimum atomic E-state index is 1.17. The first-order valence-electron chi connectivity index (χ1n) is 2.90. The number of hydrogen-bond donors (Lipinski definition) is 0. The molecule has 0 bridgehead atoms. The molecule has 0 fully saturated rings. The van der Waals surface area contributed by atoms with Gasteiger partial charge in [0.25, 0.3) is 0 Å². The van der Waals surface area contributed by atoms with E-state index in [-0.39, 0.29) is 0 Å². The Labute approximate surface area is 52.9 Å². The van der Waals surface area contributed by atoms with Gasteiger partial charge in [0.1, 0.15) is 0 Å². The van der Waals surface area contributed by atoms with Gasteiger partial charge in [-0.15, -0.1) is 13.2 Å². The topological polar surface area (TPSA) is 0 Å². The molecule has 0 atom stereocenters. The van der Waals surface area contributed by atoms with Crippen molar-refractivity contribution in [2.75, 3.05) is 0 Å². The maximum atomic E-state index is 3.00. The predicted molar refractivity (Wildman–Crippen MR) is 41.0 cm³/mol. The molecule has 8 heavy (non-hydrogen) atoms. The minimum absolute atomic E-state index is 1.17. The van der Waals surface area contributed by atoms with Crippen LogP contribution in [-0.4, -0.2) is 0 Å². The molecule has 0 saturated carbocycles. The van der Waals surface area contributed by atoms with E-state index < -0.39 is 0 Å². The Kier molecular flexibility index (Phi) is 12.7. The van der Waals surface area contributed by atoms with Crippen LogP contribution in [0.4, 0.5) is 0 Å². The Hall–Kier alpha value is -0.520. The van der Waals surface area contributed by atoms with E-state index in [1.807, 2.05) is 0 Å². The van der Waals surface area contributed by atoms with E-state index >= 15 is 0 Å². The van der Waals surface area contributed by atoms with Crippen LogP contribution < -0.4 is 0 Å². The van der Waals surface area contributed by atoms with Crippen LogP contribution in [0.5, 0.6) is 0 Å². The van der Waals surface area contributed by atoms with Crippen molar-refractivity contribution in [3.8, 4) is 0 Å². The van der Waals surface area contributed by atoms with E-state index in [9.17, 15) is 0 Å². The lowest BCUT2D eigenvalue weighted by atomic mass is 10.3. The monoisotopic (exact) mass is 112 g/mol. The van der Waals surface area contributed by atoms with Gasteiger partial charge in [-0.2, -0.15) is 0 Å². The SMILES string of the molecule is C=C.CCC=C(C)C. The molecule has 0 nitrogen and oxygen atoms in total. The Bertz CT molecular complexity index is 56.4. The van der Waals surface area contributed by atoms with Gasteiger partial charge in [-0.05, 0) is 20.3 Å². The Morgan fingerprint density at radius 1 is 1.38 bits per heavy atom. The highest BCUT2D eigenvalue weighted by molar-refractivity contribution is 4.91. The van der Waals surface area contributed by atoms with E-state index in [1.165, 1.54) is 12.0 Å². The first-order valence-corrected chi connectivity index (χ1v) is 2.90. The van der Waals surface area contributed by atoms with E-state index in [4.69, 9.17) is 0 Å². The molecule has 0 rings (SSSR count). The highest BCUT2D eigenvalue weighted by Crippen LogP contribution is 1.88. The molecule has 0 spiro atoms. The quantitative estimate of drug-likeness (QED) is 0.457. The Morgan fingerprint density at radius 3 is 1.75 bits per heavy atom. The molecule has 0 heterocycles. The van der Waals surface area contributed by atoms with Crippen LogP contribution >= 0.6 is 0 Å². The van der Waals surface area contributed by atoms with Gasteiger partial charge in [-0.1, -0.05) is 18.6 Å². The fourth-order valence-electron chi connectivity index (χ4n) is 0.408. The number of rotatable bonds is 1. The summed E-state index contributed by atoms with van der Waals surface area (Å²) in [6, 6.07) is 0. The minimum Gasteiger partial charge on any atom is -0.106 e. The molecule has 0 aliphatic rings.